The predicted octanol–water partition coefficient (Wildman–Crippen LogP) is 3.04. The number of H-pyrrole nitrogens is 1. The maximum Gasteiger partial charge on any atom is 0.259 e. The Morgan fingerprint density at radius 1 is 1.36 bits per heavy atom. The molecule has 1 N–H and O–H groups in total. The van der Waals surface area contributed by atoms with Crippen molar-refractivity contribution in [3.8, 4) is 6.07 Å². The van der Waals surface area contributed by atoms with Crippen molar-refractivity contribution in [2.45, 2.75) is 0 Å². The first-order valence-electron chi connectivity index (χ1n) is 6.39. The molecule has 3 aromatic rings. The average molecular weight is 309 g/mol. The van der Waals surface area contributed by atoms with Crippen LogP contribution in [0, 0.1) is 11.3 Å². The molecule has 0 spiro atoms. The summed E-state index contributed by atoms with van der Waals surface area (Å²) in [4.78, 5) is 23.0. The molecule has 0 radical (unpaired) electrons. The van der Waals surface area contributed by atoms with Gasteiger partial charge in [0, 0.05) is 17.4 Å². The van der Waals surface area contributed by atoms with Crippen LogP contribution in [0.1, 0.15) is 11.4 Å². The van der Waals surface area contributed by atoms with E-state index in [-0.39, 0.29) is 17.0 Å². The molecule has 6 heteroatoms. The highest BCUT2D eigenvalue weighted by molar-refractivity contribution is 6.31. The minimum absolute atomic E-state index is 0.214. The van der Waals surface area contributed by atoms with E-state index < -0.39 is 0 Å². The summed E-state index contributed by atoms with van der Waals surface area (Å²) in [6.07, 6.45) is 4.88. The number of fused-ring (bicyclic) bond motifs is 1. The van der Waals surface area contributed by atoms with Crippen molar-refractivity contribution >= 4 is 34.2 Å². The normalized spacial score (nSPS) is 11.4. The third-order valence-electron chi connectivity index (χ3n) is 3.04. The van der Waals surface area contributed by atoms with Gasteiger partial charge in [0.1, 0.15) is 6.07 Å². The summed E-state index contributed by atoms with van der Waals surface area (Å²) >= 11 is 5.88. The summed E-state index contributed by atoms with van der Waals surface area (Å²) in [5.41, 5.74) is 1.14. The van der Waals surface area contributed by atoms with Gasteiger partial charge in [-0.15, -0.1) is 0 Å². The minimum atomic E-state index is -0.338. The summed E-state index contributed by atoms with van der Waals surface area (Å²) < 4.78 is 0. The molecule has 0 unspecified atom stereocenters. The van der Waals surface area contributed by atoms with Gasteiger partial charge in [0.25, 0.3) is 5.56 Å². The number of nitriles is 1. The van der Waals surface area contributed by atoms with Gasteiger partial charge in [0.05, 0.1) is 16.5 Å². The Morgan fingerprint density at radius 2 is 2.23 bits per heavy atom. The molecule has 0 saturated heterocycles. The second kappa shape index (κ2) is 5.80. The molecular weight excluding hydrogens is 300 g/mol. The molecular formula is C16H9ClN4O. The Kier molecular flexibility index (Phi) is 3.69. The Hall–Kier alpha value is -2.97. The number of nitrogens with zero attached hydrogens (tertiary/aromatic N) is 3. The maximum atomic E-state index is 12.1. The molecule has 0 aliphatic rings. The van der Waals surface area contributed by atoms with Gasteiger partial charge in [-0.25, -0.2) is 4.98 Å². The van der Waals surface area contributed by atoms with Crippen LogP contribution in [0.2, 0.25) is 5.02 Å². The lowest BCUT2D eigenvalue weighted by Gasteiger charge is -2.02. The molecule has 0 fully saturated rings. The van der Waals surface area contributed by atoms with Gasteiger partial charge < -0.3 is 4.98 Å². The number of benzene rings is 1. The van der Waals surface area contributed by atoms with Gasteiger partial charge in [0.15, 0.2) is 5.82 Å². The van der Waals surface area contributed by atoms with Crippen molar-refractivity contribution in [1.29, 1.82) is 5.26 Å². The number of allylic oxidation sites excluding steroid dienone is 1. The summed E-state index contributed by atoms with van der Waals surface area (Å²) in [6.45, 7) is 0. The van der Waals surface area contributed by atoms with E-state index in [4.69, 9.17) is 11.6 Å². The van der Waals surface area contributed by atoms with Crippen LogP contribution in [0.3, 0.4) is 0 Å². The van der Waals surface area contributed by atoms with Crippen molar-refractivity contribution in [1.82, 2.24) is 15.0 Å². The van der Waals surface area contributed by atoms with Crippen LogP contribution < -0.4 is 5.56 Å². The third kappa shape index (κ3) is 2.73. The number of aromatic amines is 1. The van der Waals surface area contributed by atoms with Crippen molar-refractivity contribution < 1.29 is 0 Å². The minimum Gasteiger partial charge on any atom is -0.305 e. The Bertz CT molecular complexity index is 971. The highest BCUT2D eigenvalue weighted by Gasteiger charge is 2.08. The van der Waals surface area contributed by atoms with Gasteiger partial charge in [-0.3, -0.25) is 9.78 Å². The molecule has 0 saturated carbocycles. The number of rotatable bonds is 2. The summed E-state index contributed by atoms with van der Waals surface area (Å²) in [6, 6.07) is 10.5. The zero-order valence-electron chi connectivity index (χ0n) is 11.2. The van der Waals surface area contributed by atoms with Crippen molar-refractivity contribution in [2.24, 2.45) is 0 Å². The molecule has 5 nitrogen and oxygen atoms in total. The molecule has 2 aromatic heterocycles. The number of hydrogen-bond donors (Lipinski definition) is 1. The SMILES string of the molecule is N#CC(=Cc1cccnc1)c1nc2ccc(Cl)cc2c(=O)[nH]1. The van der Waals surface area contributed by atoms with Gasteiger partial charge in [-0.2, -0.15) is 5.26 Å². The second-order valence-electron chi connectivity index (χ2n) is 4.53. The van der Waals surface area contributed by atoms with Gasteiger partial charge in [0.2, 0.25) is 0 Å². The second-order valence-corrected chi connectivity index (χ2v) is 4.97. The lowest BCUT2D eigenvalue weighted by Crippen LogP contribution is -2.11. The zero-order valence-corrected chi connectivity index (χ0v) is 12.0. The molecule has 0 amide bonds. The quantitative estimate of drug-likeness (QED) is 0.738. The summed E-state index contributed by atoms with van der Waals surface area (Å²) in [5, 5.41) is 10.2. The number of aromatic nitrogens is 3. The topological polar surface area (TPSA) is 82.4 Å². The number of pyridine rings is 1. The van der Waals surface area contributed by atoms with E-state index in [1.807, 2.05) is 12.1 Å². The number of nitrogens with one attached hydrogen (secondary N) is 1. The summed E-state index contributed by atoms with van der Waals surface area (Å²) in [5.74, 6) is 0.214. The monoisotopic (exact) mass is 308 g/mol. The van der Waals surface area contributed by atoms with E-state index in [1.165, 1.54) is 0 Å². The molecule has 2 heterocycles. The first-order chi connectivity index (χ1) is 10.7. The molecule has 22 heavy (non-hydrogen) atoms. The van der Waals surface area contributed by atoms with E-state index in [0.29, 0.717) is 15.9 Å². The molecule has 0 aliphatic heterocycles. The van der Waals surface area contributed by atoms with E-state index in [2.05, 4.69) is 15.0 Å². The summed E-state index contributed by atoms with van der Waals surface area (Å²) in [7, 11) is 0. The largest absolute Gasteiger partial charge is 0.305 e. The van der Waals surface area contributed by atoms with E-state index in [1.54, 1.807) is 42.7 Å². The van der Waals surface area contributed by atoms with E-state index in [9.17, 15) is 10.1 Å². The smallest absolute Gasteiger partial charge is 0.259 e. The highest BCUT2D eigenvalue weighted by atomic mass is 35.5. The Labute approximate surface area is 130 Å². The van der Waals surface area contributed by atoms with Gasteiger partial charge in [-0.1, -0.05) is 17.7 Å². The van der Waals surface area contributed by atoms with Gasteiger partial charge >= 0.3 is 0 Å². The van der Waals surface area contributed by atoms with Crippen LogP contribution in [0.15, 0.2) is 47.5 Å². The number of halogens is 1. The average Bonchev–Trinajstić information content (AvgIpc) is 2.54. The molecule has 0 atom stereocenters. The highest BCUT2D eigenvalue weighted by Crippen LogP contribution is 2.18. The molecule has 106 valence electrons. The Balaban J connectivity index is 2.17. The molecule has 0 bridgehead atoms. The first kappa shape index (κ1) is 14.0. The van der Waals surface area contributed by atoms with Crippen LogP contribution in [-0.4, -0.2) is 15.0 Å². The third-order valence-corrected chi connectivity index (χ3v) is 3.27. The lowest BCUT2D eigenvalue weighted by atomic mass is 10.1. The fourth-order valence-electron chi connectivity index (χ4n) is 2.02. The van der Waals surface area contributed by atoms with Crippen molar-refractivity contribution in [3.63, 3.8) is 0 Å². The fraction of sp³-hybridized carbons (Fsp3) is 0. The number of hydrogen-bond acceptors (Lipinski definition) is 4. The van der Waals surface area contributed by atoms with E-state index in [0.717, 1.165) is 5.56 Å². The lowest BCUT2D eigenvalue weighted by molar-refractivity contribution is 1.13. The zero-order chi connectivity index (χ0) is 15.5. The van der Waals surface area contributed by atoms with Crippen LogP contribution in [0.4, 0.5) is 0 Å². The van der Waals surface area contributed by atoms with Crippen LogP contribution >= 0.6 is 11.6 Å². The molecule has 3 rings (SSSR count). The first-order valence-corrected chi connectivity index (χ1v) is 6.77. The maximum absolute atomic E-state index is 12.1. The fourth-order valence-corrected chi connectivity index (χ4v) is 2.19. The molecule has 1 aromatic carbocycles. The molecule has 0 aliphatic carbocycles. The van der Waals surface area contributed by atoms with Crippen LogP contribution in [-0.2, 0) is 0 Å². The Morgan fingerprint density at radius 3 is 2.95 bits per heavy atom. The van der Waals surface area contributed by atoms with Crippen LogP contribution in [0.25, 0.3) is 22.6 Å². The predicted molar refractivity (Wildman–Crippen MR) is 85.1 cm³/mol. The van der Waals surface area contributed by atoms with Crippen molar-refractivity contribution in [2.75, 3.05) is 0 Å². The van der Waals surface area contributed by atoms with E-state index >= 15 is 0 Å². The van der Waals surface area contributed by atoms with Crippen LogP contribution in [0.5, 0.6) is 0 Å². The van der Waals surface area contributed by atoms with Gasteiger partial charge in [-0.05, 0) is 35.9 Å². The standard InChI is InChI=1S/C16H9ClN4O/c17-12-3-4-14-13(7-12)16(22)21-15(20-14)11(8-18)6-10-2-1-5-19-9-10/h1-7,9H,(H,20,21,22). The van der Waals surface area contributed by atoms with Crippen molar-refractivity contribution in [3.05, 3.63) is 69.5 Å².